The molecule has 1 aromatic carbocycles. The summed E-state index contributed by atoms with van der Waals surface area (Å²) >= 11 is 0. The number of hydrogen-bond donors (Lipinski definition) is 1. The molecular weight excluding hydrogens is 338 g/mol. The highest BCUT2D eigenvalue weighted by atomic mass is 32.2. The summed E-state index contributed by atoms with van der Waals surface area (Å²) in [5.41, 5.74) is 1.75. The van der Waals surface area contributed by atoms with Gasteiger partial charge in [-0.1, -0.05) is 36.4 Å². The molecule has 1 heterocycles. The van der Waals surface area contributed by atoms with Gasteiger partial charge in [0.15, 0.2) is 0 Å². The summed E-state index contributed by atoms with van der Waals surface area (Å²) in [5.74, 6) is -0.0914. The number of pyridine rings is 1. The van der Waals surface area contributed by atoms with Crippen LogP contribution in [-0.4, -0.2) is 43.1 Å². The molecular formula is C18H23N3O3S. The Kier molecular flexibility index (Phi) is 7.09. The highest BCUT2D eigenvalue weighted by Gasteiger charge is 2.13. The van der Waals surface area contributed by atoms with Gasteiger partial charge in [-0.2, -0.15) is 0 Å². The highest BCUT2D eigenvalue weighted by molar-refractivity contribution is 7.89. The van der Waals surface area contributed by atoms with Gasteiger partial charge >= 0.3 is 0 Å². The highest BCUT2D eigenvalue weighted by Crippen LogP contribution is 2.03. The first kappa shape index (κ1) is 19.1. The van der Waals surface area contributed by atoms with Gasteiger partial charge in [-0.05, 0) is 24.1 Å². The zero-order valence-electron chi connectivity index (χ0n) is 14.3. The molecule has 0 radical (unpaired) electrons. The zero-order valence-corrected chi connectivity index (χ0v) is 15.1. The van der Waals surface area contributed by atoms with Crippen LogP contribution in [-0.2, 0) is 27.8 Å². The number of nitrogens with zero attached hydrogens (tertiary/aromatic N) is 2. The first-order chi connectivity index (χ1) is 12.0. The van der Waals surface area contributed by atoms with Gasteiger partial charge in [0.1, 0.15) is 0 Å². The Hall–Kier alpha value is -2.25. The van der Waals surface area contributed by atoms with Crippen LogP contribution in [0.3, 0.4) is 0 Å². The van der Waals surface area contributed by atoms with E-state index >= 15 is 0 Å². The lowest BCUT2D eigenvalue weighted by molar-refractivity contribution is -0.129. The molecule has 0 bridgehead atoms. The maximum atomic E-state index is 12.1. The van der Waals surface area contributed by atoms with E-state index in [-0.39, 0.29) is 18.2 Å². The second-order valence-electron chi connectivity index (χ2n) is 5.71. The van der Waals surface area contributed by atoms with Crippen molar-refractivity contribution in [2.45, 2.75) is 19.9 Å². The van der Waals surface area contributed by atoms with E-state index in [0.717, 1.165) is 11.3 Å². The van der Waals surface area contributed by atoms with Gasteiger partial charge in [0.25, 0.3) is 0 Å². The smallest absolute Gasteiger partial charge is 0.219 e. The van der Waals surface area contributed by atoms with E-state index in [0.29, 0.717) is 19.5 Å². The van der Waals surface area contributed by atoms with Crippen LogP contribution in [0.5, 0.6) is 0 Å². The molecule has 6 nitrogen and oxygen atoms in total. The molecule has 0 unspecified atom stereocenters. The fraction of sp³-hybridized carbons (Fsp3) is 0.333. The fourth-order valence-corrected chi connectivity index (χ4v) is 3.39. The van der Waals surface area contributed by atoms with E-state index in [4.69, 9.17) is 0 Å². The van der Waals surface area contributed by atoms with E-state index in [1.54, 1.807) is 11.1 Å². The minimum absolute atomic E-state index is 0.0251. The van der Waals surface area contributed by atoms with Crippen molar-refractivity contribution in [1.82, 2.24) is 14.6 Å². The number of nitrogens with one attached hydrogen (secondary N) is 1. The number of amides is 1. The Balaban J connectivity index is 1.81. The number of carbonyl (C=O) groups excluding carboxylic acids is 1. The Morgan fingerprint density at radius 1 is 1.12 bits per heavy atom. The SMILES string of the molecule is CC(=O)N(CCNS(=O)(=O)CCc1ccccc1)Cc1ccccn1. The number of carbonyl (C=O) groups is 1. The minimum atomic E-state index is -3.38. The molecule has 0 aliphatic carbocycles. The van der Waals surface area contributed by atoms with E-state index in [1.807, 2.05) is 48.5 Å². The molecule has 134 valence electrons. The summed E-state index contributed by atoms with van der Waals surface area (Å²) in [7, 11) is -3.38. The first-order valence-corrected chi connectivity index (χ1v) is 9.78. The molecule has 1 amide bonds. The summed E-state index contributed by atoms with van der Waals surface area (Å²) in [4.78, 5) is 17.5. The van der Waals surface area contributed by atoms with Crippen molar-refractivity contribution in [3.05, 3.63) is 66.0 Å². The molecule has 0 spiro atoms. The molecule has 7 heteroatoms. The van der Waals surface area contributed by atoms with Crippen molar-refractivity contribution >= 4 is 15.9 Å². The average Bonchev–Trinajstić information content (AvgIpc) is 2.61. The Bertz CT molecular complexity index is 765. The Labute approximate surface area is 148 Å². The van der Waals surface area contributed by atoms with Crippen LogP contribution in [0.1, 0.15) is 18.2 Å². The van der Waals surface area contributed by atoms with E-state index < -0.39 is 10.0 Å². The molecule has 0 atom stereocenters. The second-order valence-corrected chi connectivity index (χ2v) is 7.64. The average molecular weight is 361 g/mol. The number of hydrogen-bond acceptors (Lipinski definition) is 4. The normalized spacial score (nSPS) is 11.2. The molecule has 1 aromatic heterocycles. The molecule has 0 aliphatic heterocycles. The number of benzene rings is 1. The van der Waals surface area contributed by atoms with Gasteiger partial charge in [-0.3, -0.25) is 9.78 Å². The Morgan fingerprint density at radius 2 is 1.84 bits per heavy atom. The van der Waals surface area contributed by atoms with E-state index in [2.05, 4.69) is 9.71 Å². The van der Waals surface area contributed by atoms with Crippen molar-refractivity contribution in [3.63, 3.8) is 0 Å². The molecule has 0 fully saturated rings. The number of sulfonamides is 1. The minimum Gasteiger partial charge on any atom is -0.336 e. The maximum absolute atomic E-state index is 12.1. The predicted molar refractivity (Wildman–Crippen MR) is 97.3 cm³/mol. The summed E-state index contributed by atoms with van der Waals surface area (Å²) in [6, 6.07) is 15.0. The second kappa shape index (κ2) is 9.29. The maximum Gasteiger partial charge on any atom is 0.219 e. The third kappa shape index (κ3) is 7.03. The van der Waals surface area contributed by atoms with Crippen molar-refractivity contribution in [2.75, 3.05) is 18.8 Å². The summed E-state index contributed by atoms with van der Waals surface area (Å²) in [5, 5.41) is 0. The predicted octanol–water partition coefficient (Wildman–Crippen LogP) is 1.59. The number of aromatic nitrogens is 1. The van der Waals surface area contributed by atoms with Crippen molar-refractivity contribution in [2.24, 2.45) is 0 Å². The Morgan fingerprint density at radius 3 is 2.48 bits per heavy atom. The standard InChI is InChI=1S/C18H23N3O3S/c1-16(22)21(15-18-9-5-6-11-19-18)13-12-20-25(23,24)14-10-17-7-3-2-4-8-17/h2-9,11,20H,10,12-15H2,1H3. The summed E-state index contributed by atoms with van der Waals surface area (Å²) in [6.07, 6.45) is 2.13. The molecule has 25 heavy (non-hydrogen) atoms. The first-order valence-electron chi connectivity index (χ1n) is 8.13. The van der Waals surface area contributed by atoms with Crippen LogP contribution >= 0.6 is 0 Å². The monoisotopic (exact) mass is 361 g/mol. The molecule has 0 saturated carbocycles. The third-order valence-electron chi connectivity index (χ3n) is 3.73. The van der Waals surface area contributed by atoms with Gasteiger partial charge in [-0.15, -0.1) is 0 Å². The van der Waals surface area contributed by atoms with Gasteiger partial charge in [0, 0.05) is 26.2 Å². The van der Waals surface area contributed by atoms with E-state index in [1.165, 1.54) is 6.92 Å². The topological polar surface area (TPSA) is 79.4 Å². The third-order valence-corrected chi connectivity index (χ3v) is 5.12. The van der Waals surface area contributed by atoms with Crippen molar-refractivity contribution in [3.8, 4) is 0 Å². The lowest BCUT2D eigenvalue weighted by Gasteiger charge is -2.20. The lowest BCUT2D eigenvalue weighted by Crippen LogP contribution is -2.38. The van der Waals surface area contributed by atoms with Crippen LogP contribution in [0.15, 0.2) is 54.7 Å². The van der Waals surface area contributed by atoms with Gasteiger partial charge in [-0.25, -0.2) is 13.1 Å². The van der Waals surface area contributed by atoms with Crippen LogP contribution in [0, 0.1) is 0 Å². The quantitative estimate of drug-likeness (QED) is 0.736. The van der Waals surface area contributed by atoms with Gasteiger partial charge in [0.05, 0.1) is 18.0 Å². The van der Waals surface area contributed by atoms with Crippen molar-refractivity contribution in [1.29, 1.82) is 0 Å². The van der Waals surface area contributed by atoms with Crippen LogP contribution in [0.4, 0.5) is 0 Å². The summed E-state index contributed by atoms with van der Waals surface area (Å²) < 4.78 is 26.7. The number of aryl methyl sites for hydroxylation is 1. The molecule has 0 aliphatic rings. The van der Waals surface area contributed by atoms with Crippen LogP contribution in [0.2, 0.25) is 0 Å². The molecule has 0 saturated heterocycles. The number of rotatable bonds is 9. The van der Waals surface area contributed by atoms with E-state index in [9.17, 15) is 13.2 Å². The fourth-order valence-electron chi connectivity index (χ4n) is 2.34. The van der Waals surface area contributed by atoms with Gasteiger partial charge in [0.2, 0.25) is 15.9 Å². The zero-order chi connectivity index (χ0) is 18.1. The lowest BCUT2D eigenvalue weighted by atomic mass is 10.2. The van der Waals surface area contributed by atoms with Gasteiger partial charge < -0.3 is 4.90 Å². The molecule has 1 N–H and O–H groups in total. The largest absolute Gasteiger partial charge is 0.336 e. The van der Waals surface area contributed by atoms with Crippen LogP contribution < -0.4 is 4.72 Å². The van der Waals surface area contributed by atoms with Crippen LogP contribution in [0.25, 0.3) is 0 Å². The van der Waals surface area contributed by atoms with Crippen molar-refractivity contribution < 1.29 is 13.2 Å². The summed E-state index contributed by atoms with van der Waals surface area (Å²) in [6.45, 7) is 2.31. The molecule has 2 rings (SSSR count). The molecule has 2 aromatic rings.